The smallest absolute Gasteiger partial charge is 0.173 e. The van der Waals surface area contributed by atoms with Crippen molar-refractivity contribution in [2.75, 3.05) is 0 Å². The Morgan fingerprint density at radius 3 is 1.44 bits per heavy atom. The number of hydrogen-bond acceptors (Lipinski definition) is 2. The Kier molecular flexibility index (Phi) is 1.85. The van der Waals surface area contributed by atoms with Crippen LogP contribution in [-0.2, 0) is 12.8 Å². The first-order chi connectivity index (χ1) is 7.59. The number of fused-ring (bicyclic) bond motifs is 3. The summed E-state index contributed by atoms with van der Waals surface area (Å²) in [6.45, 7) is 8.31. The van der Waals surface area contributed by atoms with Crippen LogP contribution in [0.5, 0.6) is 0 Å². The first-order valence-electron chi connectivity index (χ1n) is 5.77. The monoisotopic (exact) mass is 216 g/mol. The molecular formula is C14H16O2. The third kappa shape index (κ3) is 1.07. The number of rotatable bonds is 0. The standard InChI is InChI=1S/C14H16O2/c1-7-9(3)15-13-11(7)5-6-12-8(2)10(4)16-14(12)13/h5-6H2,1-4H3. The van der Waals surface area contributed by atoms with E-state index in [0.717, 1.165) is 35.9 Å². The molecule has 0 saturated heterocycles. The summed E-state index contributed by atoms with van der Waals surface area (Å²) in [4.78, 5) is 0. The molecule has 84 valence electrons. The number of aryl methyl sites for hydroxylation is 2. The molecule has 2 heterocycles. The first kappa shape index (κ1) is 9.76. The average molecular weight is 216 g/mol. The second-order valence-corrected chi connectivity index (χ2v) is 4.68. The van der Waals surface area contributed by atoms with Gasteiger partial charge in [0.25, 0.3) is 0 Å². The summed E-state index contributed by atoms with van der Waals surface area (Å²) in [5, 5.41) is 0. The molecule has 1 aliphatic rings. The summed E-state index contributed by atoms with van der Waals surface area (Å²) >= 11 is 0. The van der Waals surface area contributed by atoms with Gasteiger partial charge in [-0.1, -0.05) is 0 Å². The van der Waals surface area contributed by atoms with Crippen LogP contribution in [-0.4, -0.2) is 0 Å². The summed E-state index contributed by atoms with van der Waals surface area (Å²) in [6, 6.07) is 0. The minimum atomic E-state index is 0.965. The molecular weight excluding hydrogens is 200 g/mol. The molecule has 0 atom stereocenters. The largest absolute Gasteiger partial charge is 0.457 e. The second kappa shape index (κ2) is 3.03. The number of furan rings is 2. The van der Waals surface area contributed by atoms with Gasteiger partial charge in [0.05, 0.1) is 0 Å². The highest BCUT2D eigenvalue weighted by atomic mass is 16.4. The molecule has 0 unspecified atom stereocenters. The Balaban J connectivity index is 2.31. The quantitative estimate of drug-likeness (QED) is 0.668. The van der Waals surface area contributed by atoms with Crippen molar-refractivity contribution in [3.05, 3.63) is 33.8 Å². The Morgan fingerprint density at radius 2 is 1.06 bits per heavy atom. The summed E-state index contributed by atoms with van der Waals surface area (Å²) in [6.07, 6.45) is 2.15. The predicted octanol–water partition coefficient (Wildman–Crippen LogP) is 3.87. The van der Waals surface area contributed by atoms with E-state index in [-0.39, 0.29) is 0 Å². The van der Waals surface area contributed by atoms with Gasteiger partial charge in [0.2, 0.25) is 0 Å². The van der Waals surface area contributed by atoms with Crippen molar-refractivity contribution in [3.63, 3.8) is 0 Å². The Hall–Kier alpha value is -1.44. The van der Waals surface area contributed by atoms with Crippen molar-refractivity contribution in [2.45, 2.75) is 40.5 Å². The lowest BCUT2D eigenvalue weighted by Crippen LogP contribution is -2.01. The van der Waals surface area contributed by atoms with Gasteiger partial charge >= 0.3 is 0 Å². The zero-order valence-electron chi connectivity index (χ0n) is 10.2. The molecule has 0 fully saturated rings. The molecule has 0 N–H and O–H groups in total. The van der Waals surface area contributed by atoms with E-state index < -0.39 is 0 Å². The minimum Gasteiger partial charge on any atom is -0.457 e. The molecule has 0 spiro atoms. The van der Waals surface area contributed by atoms with Crippen LogP contribution in [0.3, 0.4) is 0 Å². The molecule has 0 amide bonds. The van der Waals surface area contributed by atoms with Crippen LogP contribution in [0.25, 0.3) is 11.5 Å². The maximum absolute atomic E-state index is 5.84. The number of hydrogen-bond donors (Lipinski definition) is 0. The molecule has 2 heteroatoms. The van der Waals surface area contributed by atoms with Gasteiger partial charge in [-0.3, -0.25) is 0 Å². The molecule has 0 aliphatic heterocycles. The Bertz CT molecular complexity index is 518. The summed E-state index contributed by atoms with van der Waals surface area (Å²) in [5.74, 6) is 3.97. The fraction of sp³-hybridized carbons (Fsp3) is 0.429. The maximum atomic E-state index is 5.84. The van der Waals surface area contributed by atoms with E-state index in [9.17, 15) is 0 Å². The van der Waals surface area contributed by atoms with Crippen molar-refractivity contribution in [1.82, 2.24) is 0 Å². The summed E-state index contributed by atoms with van der Waals surface area (Å²) in [5.41, 5.74) is 5.23. The van der Waals surface area contributed by atoms with Gasteiger partial charge in [-0.05, 0) is 51.7 Å². The zero-order chi connectivity index (χ0) is 11.4. The zero-order valence-corrected chi connectivity index (χ0v) is 10.2. The average Bonchev–Trinajstić information content (AvgIpc) is 2.70. The Labute approximate surface area is 95.3 Å². The van der Waals surface area contributed by atoms with Gasteiger partial charge < -0.3 is 8.83 Å². The van der Waals surface area contributed by atoms with E-state index in [1.54, 1.807) is 0 Å². The molecule has 0 saturated carbocycles. The lowest BCUT2D eigenvalue weighted by atomic mass is 9.92. The fourth-order valence-corrected chi connectivity index (χ4v) is 2.57. The van der Waals surface area contributed by atoms with Gasteiger partial charge in [0.15, 0.2) is 11.5 Å². The predicted molar refractivity (Wildman–Crippen MR) is 62.8 cm³/mol. The Morgan fingerprint density at radius 1 is 0.688 bits per heavy atom. The van der Waals surface area contributed by atoms with Gasteiger partial charge in [-0.25, -0.2) is 0 Å². The third-order valence-electron chi connectivity index (χ3n) is 3.85. The molecule has 0 bridgehead atoms. The van der Waals surface area contributed by atoms with Crippen LogP contribution in [0.1, 0.15) is 33.8 Å². The van der Waals surface area contributed by atoms with E-state index in [4.69, 9.17) is 8.83 Å². The molecule has 0 radical (unpaired) electrons. The van der Waals surface area contributed by atoms with E-state index in [2.05, 4.69) is 13.8 Å². The van der Waals surface area contributed by atoms with Gasteiger partial charge in [-0.2, -0.15) is 0 Å². The molecule has 2 aromatic heterocycles. The minimum absolute atomic E-state index is 0.965. The highest BCUT2D eigenvalue weighted by Gasteiger charge is 2.28. The van der Waals surface area contributed by atoms with Crippen LogP contribution in [0, 0.1) is 27.7 Å². The van der Waals surface area contributed by atoms with Crippen molar-refractivity contribution < 1.29 is 8.83 Å². The highest BCUT2D eigenvalue weighted by molar-refractivity contribution is 5.67. The van der Waals surface area contributed by atoms with E-state index >= 15 is 0 Å². The van der Waals surface area contributed by atoms with Crippen molar-refractivity contribution >= 4 is 0 Å². The van der Waals surface area contributed by atoms with Crippen LogP contribution < -0.4 is 0 Å². The molecule has 16 heavy (non-hydrogen) atoms. The first-order valence-corrected chi connectivity index (χ1v) is 5.77. The van der Waals surface area contributed by atoms with Crippen LogP contribution in [0.2, 0.25) is 0 Å². The topological polar surface area (TPSA) is 26.3 Å². The molecule has 2 aromatic rings. The summed E-state index contributed by atoms with van der Waals surface area (Å²) < 4.78 is 11.7. The van der Waals surface area contributed by atoms with Gasteiger partial charge in [0, 0.05) is 11.1 Å². The fourth-order valence-electron chi connectivity index (χ4n) is 2.57. The molecule has 0 aromatic carbocycles. The van der Waals surface area contributed by atoms with E-state index in [1.165, 1.54) is 22.3 Å². The van der Waals surface area contributed by atoms with Crippen molar-refractivity contribution in [2.24, 2.45) is 0 Å². The molecule has 1 aliphatic carbocycles. The maximum Gasteiger partial charge on any atom is 0.173 e. The van der Waals surface area contributed by atoms with Crippen LogP contribution >= 0.6 is 0 Å². The third-order valence-corrected chi connectivity index (χ3v) is 3.85. The molecule has 3 rings (SSSR count). The summed E-state index contributed by atoms with van der Waals surface area (Å²) in [7, 11) is 0. The molecule has 2 nitrogen and oxygen atoms in total. The van der Waals surface area contributed by atoms with Gasteiger partial charge in [0.1, 0.15) is 11.5 Å². The lowest BCUT2D eigenvalue weighted by Gasteiger charge is -2.10. The van der Waals surface area contributed by atoms with E-state index in [1.807, 2.05) is 13.8 Å². The second-order valence-electron chi connectivity index (χ2n) is 4.68. The van der Waals surface area contributed by atoms with Crippen molar-refractivity contribution in [3.8, 4) is 11.5 Å². The van der Waals surface area contributed by atoms with Crippen LogP contribution in [0.4, 0.5) is 0 Å². The highest BCUT2D eigenvalue weighted by Crippen LogP contribution is 2.41. The SMILES string of the molecule is Cc1oc2c(c1C)CCc1c-2oc(C)c1C. The van der Waals surface area contributed by atoms with E-state index in [0.29, 0.717) is 0 Å². The normalized spacial score (nSPS) is 13.8. The van der Waals surface area contributed by atoms with Gasteiger partial charge in [-0.15, -0.1) is 0 Å². The van der Waals surface area contributed by atoms with Crippen LogP contribution in [0.15, 0.2) is 8.83 Å². The lowest BCUT2D eigenvalue weighted by molar-refractivity contribution is 0.487. The van der Waals surface area contributed by atoms with Crippen molar-refractivity contribution in [1.29, 1.82) is 0 Å².